The number of hydrogen-bond acceptors (Lipinski definition) is 34. The molecule has 2 atom stereocenters. The summed E-state index contributed by atoms with van der Waals surface area (Å²) < 4.78 is 44.1. The quantitative estimate of drug-likeness (QED) is 0.0170. The topological polar surface area (TPSA) is 786 Å². The number of aromatic nitrogens is 20. The summed E-state index contributed by atoms with van der Waals surface area (Å²) in [6, 6.07) is 0. The maximum absolute atomic E-state index is 10.5. The maximum Gasteiger partial charge on any atom is 0.438 e. The predicted octanol–water partition coefficient (Wildman–Crippen LogP) is 11.7. The van der Waals surface area contributed by atoms with Crippen LogP contribution < -0.4 is 23.0 Å². The number of aliphatic hydroxyl groups is 1. The number of ketones is 4. The van der Waals surface area contributed by atoms with Gasteiger partial charge in [0.15, 0.2) is 40.8 Å². The number of carboxylic acids is 8. The van der Waals surface area contributed by atoms with Crippen LogP contribution in [0.1, 0.15) is 366 Å². The minimum atomic E-state index is -2.81. The molecule has 0 saturated heterocycles. The highest BCUT2D eigenvalue weighted by molar-refractivity contribution is 5.96. The minimum absolute atomic E-state index is 0.000000000000000444. The third-order valence-electron chi connectivity index (χ3n) is 13.4. The summed E-state index contributed by atoms with van der Waals surface area (Å²) in [7, 11) is 0. The second kappa shape index (κ2) is 97.4. The zero-order chi connectivity index (χ0) is 108. The highest BCUT2D eigenvalue weighted by Crippen LogP contribution is 2.25. The van der Waals surface area contributed by atoms with Crippen molar-refractivity contribution in [3.05, 3.63) is 83.0 Å². The van der Waals surface area contributed by atoms with Gasteiger partial charge in [0.2, 0.25) is 0 Å². The van der Waals surface area contributed by atoms with Gasteiger partial charge >= 0.3 is 70.8 Å². The standard InChI is InChI=1S/C7H12N2O2.3C5H8N2O2.C5H8O3.C5H8O2.C5H10O2.3C5H10O.3C4H8N4.C4H8O3.3C4H8O2.C3H6O2/c1-7(2,3)4-5-8-6(10)11-9-5;3*1-2-3-4-6-5(8)9-7-4;1-3(4(2)6)5(7)8;6-5(7)4-2-1-3-4;1-4(2)3-5(6)7;3*1-3-4-5(2)6;3*1-2-3-4-5-7-8-6-4;1-3(5)2-4(6)7;3*1-2-3-4(5)6;1-2-3(4)5/h4H2,1-3H3,(H,8,9,10);3*2-3H2,1H3,(H,6,7,8);3H,1-2H3,(H,7,8);4H,1-3H2,(H,6,7);4H,3H2,1-2H3,(H,6,7);3*3-4H2,1-2H3;3*2-3H2,1H3,(H,5,6,7,8);3,5H,2H2,1H3,(H,6,7);3*2-3H2,1H3,(H,5,6);2H2,1H3,(H,4,5)/i;;;;;;;;;;;;;;2D2,3D2;;;. The molecule has 1 saturated carbocycles. The number of nitrogens with zero attached hydrogens (tertiary/aromatic N) is 13. The van der Waals surface area contributed by atoms with Crippen molar-refractivity contribution in [2.75, 3.05) is 0 Å². The van der Waals surface area contributed by atoms with Crippen LogP contribution in [0.2, 0.25) is 0 Å². The van der Waals surface area contributed by atoms with Crippen LogP contribution >= 0.6 is 0 Å². The van der Waals surface area contributed by atoms with Gasteiger partial charge in [-0.2, -0.15) is 15.6 Å². The first-order valence-electron chi connectivity index (χ1n) is 45.0. The van der Waals surface area contributed by atoms with E-state index in [1.807, 2.05) is 69.2 Å². The molecule has 0 amide bonds. The van der Waals surface area contributed by atoms with Gasteiger partial charge in [-0.25, -0.2) is 19.2 Å². The van der Waals surface area contributed by atoms with Crippen molar-refractivity contribution in [3.63, 3.8) is 0 Å². The van der Waals surface area contributed by atoms with Gasteiger partial charge in [-0.1, -0.05) is 167 Å². The number of hydrogen-bond donors (Lipinski definition) is 16. The van der Waals surface area contributed by atoms with Crippen LogP contribution in [0.3, 0.4) is 0 Å². The molecular formula is C83H154N20O29. The number of carbonyl (C=O) groups excluding carboxylic acids is 4. The fraction of sp³-hybridized carbons (Fsp3) is 0.723. The summed E-state index contributed by atoms with van der Waals surface area (Å²) in [6.07, 6.45) is 16.4. The highest BCUT2D eigenvalue weighted by Gasteiger charge is 2.24. The molecule has 0 spiro atoms. The molecule has 1 fully saturated rings. The molecule has 2 unspecified atom stereocenters. The molecule has 0 radical (unpaired) electrons. The fourth-order valence-corrected chi connectivity index (χ4v) is 7.21. The van der Waals surface area contributed by atoms with Gasteiger partial charge in [0.1, 0.15) is 29.1 Å². The highest BCUT2D eigenvalue weighted by atomic mass is 16.5. The van der Waals surface area contributed by atoms with E-state index in [9.17, 15) is 76.7 Å². The van der Waals surface area contributed by atoms with Crippen LogP contribution in [0.5, 0.6) is 0 Å². The van der Waals surface area contributed by atoms with Crippen LogP contribution in [0.15, 0.2) is 37.3 Å². The summed E-state index contributed by atoms with van der Waals surface area (Å²) in [5.74, 6) is -4.33. The van der Waals surface area contributed by atoms with Crippen molar-refractivity contribution in [1.29, 1.82) is 0 Å². The molecule has 0 aromatic carbocycles. The normalized spacial score (nSPS) is 11.1. The Hall–Kier alpha value is -12.6. The molecule has 132 heavy (non-hydrogen) atoms. The first-order valence-corrected chi connectivity index (χ1v) is 43.0. The SMILES string of the molecule is CC(=O)C(C)C(=O)O.CC(C)(C)Cc1noc(=O)[nH]1.CC(C)CC(=O)O.CC(O)CC(=O)O.CCC(=O)O.CCCC(=O)O.CCCC(=O)O.CCCC(C)=O.CCCC(C)=O.CCCC(C)=O.CCCc1nn[nH]n1.CCCc1nn[nH]n1.CCCc1nn[nH]n1.CCCc1noc(=O)[nH]1.CCCc1noc(=O)[nH]1.CCCc1noc(=O)[nH]1.O=C(O)C1CCC1.[2H]C([2H])(C)C([2H])([2H])C(=O)O. The van der Waals surface area contributed by atoms with E-state index in [4.69, 9.17) is 51.4 Å². The van der Waals surface area contributed by atoms with Gasteiger partial charge in [0.05, 0.1) is 18.4 Å². The number of nitrogens with one attached hydrogen (secondary N) is 7. The lowest BCUT2D eigenvalue weighted by atomic mass is 9.86. The molecule has 49 heteroatoms. The van der Waals surface area contributed by atoms with Gasteiger partial charge < -0.3 is 60.3 Å². The van der Waals surface area contributed by atoms with E-state index < -0.39 is 95.5 Å². The number of carboxylic acid groups (broad SMARTS) is 8. The zero-order valence-electron chi connectivity index (χ0n) is 85.3. The predicted molar refractivity (Wildman–Crippen MR) is 484 cm³/mol. The molecule has 0 aliphatic heterocycles. The Morgan fingerprint density at radius 1 is 0.402 bits per heavy atom. The summed E-state index contributed by atoms with van der Waals surface area (Å²) >= 11 is 0. The van der Waals surface area contributed by atoms with Crippen LogP contribution in [0.4, 0.5) is 0 Å². The molecule has 49 nitrogen and oxygen atoms in total. The average molecular weight is 1900 g/mol. The Morgan fingerprint density at radius 3 is 0.765 bits per heavy atom. The number of carbonyl (C=O) groups is 12. The van der Waals surface area contributed by atoms with Crippen LogP contribution in [-0.4, -0.2) is 225 Å². The van der Waals surface area contributed by atoms with E-state index in [0.717, 1.165) is 178 Å². The smallest absolute Gasteiger partial charge is 0.438 e. The van der Waals surface area contributed by atoms with Gasteiger partial charge in [0.25, 0.3) is 0 Å². The molecule has 1 aliphatic rings. The van der Waals surface area contributed by atoms with E-state index in [-0.39, 0.29) is 59.6 Å². The number of aromatic amines is 7. The lowest BCUT2D eigenvalue weighted by Gasteiger charge is -2.19. The summed E-state index contributed by atoms with van der Waals surface area (Å²) in [5.41, 5.74) is 0.125. The third kappa shape index (κ3) is 124. The molecular weight excluding hydrogens is 1740 g/mol. The molecule has 7 heterocycles. The molecule has 760 valence electrons. The molecule has 16 N–H and O–H groups in total. The fourth-order valence-electron chi connectivity index (χ4n) is 7.21. The van der Waals surface area contributed by atoms with Crippen molar-refractivity contribution >= 4 is 70.9 Å². The van der Waals surface area contributed by atoms with Gasteiger partial charge in [-0.05, 0) is 143 Å². The Morgan fingerprint density at radius 2 is 0.682 bits per heavy atom. The number of Topliss-reactive ketones (excluding diaryl/α,β-unsaturated/α-hetero) is 4. The largest absolute Gasteiger partial charge is 0.481 e. The van der Waals surface area contributed by atoms with Crippen molar-refractivity contribution < 1.29 is 127 Å². The van der Waals surface area contributed by atoms with Crippen molar-refractivity contribution in [3.8, 4) is 0 Å². The molecule has 7 aromatic heterocycles. The zero-order valence-corrected chi connectivity index (χ0v) is 81.3. The first kappa shape index (κ1) is 130. The monoisotopic (exact) mass is 1900 g/mol. The summed E-state index contributed by atoms with van der Waals surface area (Å²) in [6.45, 7) is 43.3. The minimum Gasteiger partial charge on any atom is -0.481 e. The van der Waals surface area contributed by atoms with Gasteiger partial charge in [0, 0.05) is 102 Å². The van der Waals surface area contributed by atoms with E-state index in [1.54, 1.807) is 27.7 Å². The Labute approximate surface area is 775 Å². The number of rotatable bonds is 33. The summed E-state index contributed by atoms with van der Waals surface area (Å²) in [5, 5.41) is 126. The number of H-pyrrole nitrogens is 7. The van der Waals surface area contributed by atoms with E-state index in [1.165, 1.54) is 20.8 Å². The van der Waals surface area contributed by atoms with Crippen molar-refractivity contribution in [2.45, 2.75) is 371 Å². The summed E-state index contributed by atoms with van der Waals surface area (Å²) in [4.78, 5) is 169. The Balaban J connectivity index is -0.000000155. The number of aryl methyl sites for hydroxylation is 6. The van der Waals surface area contributed by atoms with E-state index in [0.29, 0.717) is 36.1 Å². The van der Waals surface area contributed by atoms with Crippen LogP contribution in [-0.2, 0) is 102 Å². The van der Waals surface area contributed by atoms with Crippen molar-refractivity contribution in [1.82, 2.24) is 102 Å². The second-order valence-electron chi connectivity index (χ2n) is 29.0. The average Bonchev–Trinajstić information content (AvgIpc) is 1.16. The van der Waals surface area contributed by atoms with E-state index >= 15 is 0 Å². The van der Waals surface area contributed by atoms with Gasteiger partial charge in [-0.15, -0.1) is 30.6 Å². The molecule has 1 aliphatic carbocycles. The van der Waals surface area contributed by atoms with Gasteiger partial charge in [-0.3, -0.25) is 81.2 Å². The lowest BCUT2D eigenvalue weighted by molar-refractivity contribution is -0.146. The third-order valence-corrected chi connectivity index (χ3v) is 13.4. The Kier molecular flexibility index (Phi) is 96.0. The molecule has 8 rings (SSSR count). The number of aliphatic hydroxyl groups excluding tert-OH is 1. The lowest BCUT2D eigenvalue weighted by Crippen LogP contribution is -2.20. The van der Waals surface area contributed by atoms with Crippen molar-refractivity contribution in [2.24, 2.45) is 23.2 Å². The molecule has 7 aromatic rings. The second-order valence-corrected chi connectivity index (χ2v) is 29.0. The number of tetrazole rings is 3. The number of aliphatic carboxylic acids is 8. The van der Waals surface area contributed by atoms with E-state index in [2.05, 4.69) is 162 Å². The maximum atomic E-state index is 10.5. The van der Waals surface area contributed by atoms with Crippen LogP contribution in [0, 0.1) is 23.2 Å². The molecule has 0 bridgehead atoms. The Bertz CT molecular complexity index is 4020. The first-order chi connectivity index (χ1) is 63.2. The van der Waals surface area contributed by atoms with Crippen LogP contribution in [0.25, 0.3) is 0 Å².